The van der Waals surface area contributed by atoms with Crippen molar-refractivity contribution in [3.8, 4) is 5.75 Å². The number of aryl methyl sites for hydroxylation is 1. The SMILES string of the molecule is O=C(COc1ccc2c(c1)NCCC2)N1CCCCCC1. The van der Waals surface area contributed by atoms with Gasteiger partial charge in [-0.1, -0.05) is 18.9 Å². The van der Waals surface area contributed by atoms with Gasteiger partial charge in [-0.2, -0.15) is 0 Å². The van der Waals surface area contributed by atoms with Crippen LogP contribution in [0.1, 0.15) is 37.7 Å². The molecule has 2 aliphatic rings. The molecule has 0 aliphatic carbocycles. The number of benzene rings is 1. The Balaban J connectivity index is 1.55. The van der Waals surface area contributed by atoms with Crippen LogP contribution >= 0.6 is 0 Å². The normalized spacial score (nSPS) is 18.4. The zero-order valence-corrected chi connectivity index (χ0v) is 12.6. The number of anilines is 1. The third-order valence-electron chi connectivity index (χ3n) is 4.34. The lowest BCUT2D eigenvalue weighted by Gasteiger charge is -2.21. The van der Waals surface area contributed by atoms with Crippen molar-refractivity contribution in [1.82, 2.24) is 4.90 Å². The van der Waals surface area contributed by atoms with E-state index in [0.717, 1.165) is 50.3 Å². The minimum Gasteiger partial charge on any atom is -0.484 e. The number of rotatable bonds is 3. The van der Waals surface area contributed by atoms with Crippen molar-refractivity contribution in [1.29, 1.82) is 0 Å². The summed E-state index contributed by atoms with van der Waals surface area (Å²) >= 11 is 0. The van der Waals surface area contributed by atoms with E-state index in [1.165, 1.54) is 24.8 Å². The molecule has 4 heteroatoms. The van der Waals surface area contributed by atoms with E-state index in [1.807, 2.05) is 17.0 Å². The number of nitrogens with zero attached hydrogens (tertiary/aromatic N) is 1. The molecule has 1 aromatic carbocycles. The number of likely N-dealkylation sites (tertiary alicyclic amines) is 1. The van der Waals surface area contributed by atoms with Crippen molar-refractivity contribution < 1.29 is 9.53 Å². The number of hydrogen-bond donors (Lipinski definition) is 1. The third kappa shape index (κ3) is 3.69. The lowest BCUT2D eigenvalue weighted by molar-refractivity contribution is -0.133. The maximum absolute atomic E-state index is 12.2. The topological polar surface area (TPSA) is 41.6 Å². The average molecular weight is 288 g/mol. The van der Waals surface area contributed by atoms with E-state index in [2.05, 4.69) is 11.4 Å². The van der Waals surface area contributed by atoms with Crippen LogP contribution in [0.2, 0.25) is 0 Å². The second kappa shape index (κ2) is 6.83. The molecule has 1 amide bonds. The highest BCUT2D eigenvalue weighted by Gasteiger charge is 2.16. The van der Waals surface area contributed by atoms with Crippen molar-refractivity contribution >= 4 is 11.6 Å². The summed E-state index contributed by atoms with van der Waals surface area (Å²) in [7, 11) is 0. The first-order chi connectivity index (χ1) is 10.3. The molecule has 2 aliphatic heterocycles. The summed E-state index contributed by atoms with van der Waals surface area (Å²) in [6.07, 6.45) is 7.02. The lowest BCUT2D eigenvalue weighted by atomic mass is 10.0. The molecule has 1 fully saturated rings. The fourth-order valence-electron chi connectivity index (χ4n) is 3.09. The molecule has 1 N–H and O–H groups in total. The Labute approximate surface area is 126 Å². The molecule has 3 rings (SSSR count). The Hall–Kier alpha value is -1.71. The number of amides is 1. The van der Waals surface area contributed by atoms with E-state index in [1.54, 1.807) is 0 Å². The van der Waals surface area contributed by atoms with Crippen molar-refractivity contribution in [2.45, 2.75) is 38.5 Å². The summed E-state index contributed by atoms with van der Waals surface area (Å²) in [5, 5.41) is 3.39. The van der Waals surface area contributed by atoms with Gasteiger partial charge in [0, 0.05) is 31.4 Å². The van der Waals surface area contributed by atoms with Crippen molar-refractivity contribution in [2.24, 2.45) is 0 Å². The second-order valence-corrected chi connectivity index (χ2v) is 5.93. The fraction of sp³-hybridized carbons (Fsp3) is 0.588. The standard InChI is InChI=1S/C17H24N2O2/c20-17(19-10-3-1-2-4-11-19)13-21-15-8-7-14-6-5-9-18-16(14)12-15/h7-8,12,18H,1-6,9-11,13H2. The molecule has 0 aromatic heterocycles. The number of carbonyl (C=O) groups is 1. The molecular weight excluding hydrogens is 264 g/mol. The van der Waals surface area contributed by atoms with Gasteiger partial charge in [0.25, 0.3) is 5.91 Å². The van der Waals surface area contributed by atoms with E-state index in [4.69, 9.17) is 4.74 Å². The average Bonchev–Trinajstić information content (AvgIpc) is 2.81. The molecule has 0 atom stereocenters. The van der Waals surface area contributed by atoms with Gasteiger partial charge < -0.3 is 15.0 Å². The summed E-state index contributed by atoms with van der Waals surface area (Å²) in [6.45, 7) is 2.93. The first-order valence-corrected chi connectivity index (χ1v) is 8.10. The van der Waals surface area contributed by atoms with Crippen molar-refractivity contribution in [2.75, 3.05) is 31.6 Å². The van der Waals surface area contributed by atoms with E-state index >= 15 is 0 Å². The predicted octanol–water partition coefficient (Wildman–Crippen LogP) is 2.83. The summed E-state index contributed by atoms with van der Waals surface area (Å²) in [5.74, 6) is 0.897. The van der Waals surface area contributed by atoms with Crippen LogP contribution in [0, 0.1) is 0 Å². The minimum absolute atomic E-state index is 0.113. The number of nitrogens with one attached hydrogen (secondary N) is 1. The molecule has 1 saturated heterocycles. The van der Waals surface area contributed by atoms with Gasteiger partial charge >= 0.3 is 0 Å². The first-order valence-electron chi connectivity index (χ1n) is 8.10. The molecule has 0 spiro atoms. The van der Waals surface area contributed by atoms with Crippen LogP contribution in [0.25, 0.3) is 0 Å². The maximum Gasteiger partial charge on any atom is 0.260 e. The van der Waals surface area contributed by atoms with Gasteiger partial charge in [-0.05, 0) is 37.3 Å². The van der Waals surface area contributed by atoms with E-state index < -0.39 is 0 Å². The first kappa shape index (κ1) is 14.2. The van der Waals surface area contributed by atoms with E-state index in [9.17, 15) is 4.79 Å². The van der Waals surface area contributed by atoms with Crippen LogP contribution < -0.4 is 10.1 Å². The monoisotopic (exact) mass is 288 g/mol. The van der Waals surface area contributed by atoms with Gasteiger partial charge in [0.15, 0.2) is 6.61 Å². The summed E-state index contributed by atoms with van der Waals surface area (Å²) < 4.78 is 5.70. The van der Waals surface area contributed by atoms with Gasteiger partial charge in [-0.3, -0.25) is 4.79 Å². The van der Waals surface area contributed by atoms with Crippen molar-refractivity contribution in [3.63, 3.8) is 0 Å². The molecule has 1 aromatic rings. The lowest BCUT2D eigenvalue weighted by Crippen LogP contribution is -2.35. The Kier molecular flexibility index (Phi) is 4.63. The number of hydrogen-bond acceptors (Lipinski definition) is 3. The minimum atomic E-state index is 0.113. The fourth-order valence-corrected chi connectivity index (χ4v) is 3.09. The summed E-state index contributed by atoms with van der Waals surface area (Å²) in [6, 6.07) is 6.10. The van der Waals surface area contributed by atoms with Crippen molar-refractivity contribution in [3.05, 3.63) is 23.8 Å². The highest BCUT2D eigenvalue weighted by Crippen LogP contribution is 2.26. The van der Waals surface area contributed by atoms with Gasteiger partial charge in [-0.25, -0.2) is 0 Å². The summed E-state index contributed by atoms with van der Waals surface area (Å²) in [5.41, 5.74) is 2.49. The highest BCUT2D eigenvalue weighted by atomic mass is 16.5. The Morgan fingerprint density at radius 1 is 1.14 bits per heavy atom. The van der Waals surface area contributed by atoms with Gasteiger partial charge in [0.1, 0.15) is 5.75 Å². The smallest absolute Gasteiger partial charge is 0.260 e. The van der Waals surface area contributed by atoms with Gasteiger partial charge in [-0.15, -0.1) is 0 Å². The Morgan fingerprint density at radius 2 is 1.95 bits per heavy atom. The molecule has 0 unspecified atom stereocenters. The van der Waals surface area contributed by atoms with Crippen LogP contribution in [0.3, 0.4) is 0 Å². The largest absolute Gasteiger partial charge is 0.484 e. The van der Waals surface area contributed by atoms with Gasteiger partial charge in [0.2, 0.25) is 0 Å². The quantitative estimate of drug-likeness (QED) is 0.930. The summed E-state index contributed by atoms with van der Waals surface area (Å²) in [4.78, 5) is 14.1. The molecule has 4 nitrogen and oxygen atoms in total. The van der Waals surface area contributed by atoms with E-state index in [0.29, 0.717) is 0 Å². The van der Waals surface area contributed by atoms with Crippen LogP contribution in [0.15, 0.2) is 18.2 Å². The zero-order valence-electron chi connectivity index (χ0n) is 12.6. The Morgan fingerprint density at radius 3 is 2.76 bits per heavy atom. The van der Waals surface area contributed by atoms with Gasteiger partial charge in [0.05, 0.1) is 0 Å². The number of ether oxygens (including phenoxy) is 1. The molecule has 0 bridgehead atoms. The predicted molar refractivity (Wildman–Crippen MR) is 83.8 cm³/mol. The Bertz CT molecular complexity index is 494. The molecule has 0 radical (unpaired) electrons. The highest BCUT2D eigenvalue weighted by molar-refractivity contribution is 5.77. The molecule has 2 heterocycles. The maximum atomic E-state index is 12.2. The molecule has 0 saturated carbocycles. The zero-order chi connectivity index (χ0) is 14.5. The van der Waals surface area contributed by atoms with Crippen LogP contribution in [0.5, 0.6) is 5.75 Å². The molecule has 114 valence electrons. The van der Waals surface area contributed by atoms with Crippen LogP contribution in [-0.4, -0.2) is 37.0 Å². The van der Waals surface area contributed by atoms with Crippen LogP contribution in [0.4, 0.5) is 5.69 Å². The second-order valence-electron chi connectivity index (χ2n) is 5.93. The molecule has 21 heavy (non-hydrogen) atoms. The van der Waals surface area contributed by atoms with Crippen LogP contribution in [-0.2, 0) is 11.2 Å². The molecular formula is C17H24N2O2. The van der Waals surface area contributed by atoms with E-state index in [-0.39, 0.29) is 12.5 Å². The number of carbonyl (C=O) groups excluding carboxylic acids is 1. The number of fused-ring (bicyclic) bond motifs is 1. The third-order valence-corrected chi connectivity index (χ3v) is 4.34.